The number of carbonyl (C=O) groups is 1. The van der Waals surface area contributed by atoms with Crippen molar-refractivity contribution in [3.05, 3.63) is 168 Å². The zero-order valence-corrected chi connectivity index (χ0v) is 40.0. The number of ketones is 1. The van der Waals surface area contributed by atoms with Crippen LogP contribution in [-0.2, 0) is 35.7 Å². The second-order valence-corrected chi connectivity index (χ2v) is 16.8. The molecule has 8 rings (SSSR count). The third-order valence-electron chi connectivity index (χ3n) is 12.5. The first-order chi connectivity index (χ1) is 29.7. The average Bonchev–Trinajstić information content (AvgIpc) is 3.72. The first-order valence-corrected chi connectivity index (χ1v) is 22.7. The van der Waals surface area contributed by atoms with Gasteiger partial charge in [0.05, 0.1) is 0 Å². The molecule has 0 saturated heterocycles. The van der Waals surface area contributed by atoms with Crippen LogP contribution < -0.4 is 5.11 Å². The topological polar surface area (TPSA) is 65.9 Å². The van der Waals surface area contributed by atoms with E-state index in [1.165, 1.54) is 135 Å². The van der Waals surface area contributed by atoms with E-state index in [9.17, 15) is 9.90 Å². The van der Waals surface area contributed by atoms with Gasteiger partial charge in [-0.3, -0.25) is 4.79 Å². The summed E-state index contributed by atoms with van der Waals surface area (Å²) in [5.74, 6) is -0.375. The van der Waals surface area contributed by atoms with Crippen molar-refractivity contribution in [2.24, 2.45) is 0 Å². The number of benzene rings is 4. The molecular weight excluding hydrogens is 937 g/mol. The fourth-order valence-corrected chi connectivity index (χ4v) is 9.65. The van der Waals surface area contributed by atoms with Crippen LogP contribution in [0.15, 0.2) is 133 Å². The van der Waals surface area contributed by atoms with Crippen LogP contribution in [0.25, 0.3) is 44.8 Å². The van der Waals surface area contributed by atoms with Gasteiger partial charge in [0.15, 0.2) is 5.78 Å². The first-order valence-electron chi connectivity index (χ1n) is 22.7. The van der Waals surface area contributed by atoms with Gasteiger partial charge < -0.3 is 15.1 Å². The molecule has 0 amide bonds. The molecule has 0 saturated carbocycles. The van der Waals surface area contributed by atoms with E-state index in [0.717, 1.165) is 28.6 Å². The van der Waals surface area contributed by atoms with Crippen LogP contribution in [0.4, 0.5) is 0 Å². The molecule has 0 aliphatic heterocycles. The van der Waals surface area contributed by atoms with Crippen molar-refractivity contribution in [3.8, 4) is 44.8 Å². The smallest absolute Gasteiger partial charge is 0.876 e. The fourth-order valence-electron chi connectivity index (χ4n) is 9.65. The largest absolute Gasteiger partial charge is 3.00 e. The van der Waals surface area contributed by atoms with Crippen LogP contribution in [-0.4, -0.2) is 15.8 Å². The number of pyridine rings is 2. The van der Waals surface area contributed by atoms with E-state index in [-0.39, 0.29) is 42.5 Å². The minimum absolute atomic E-state index is 0. The molecule has 6 aromatic rings. The molecule has 322 valence electrons. The van der Waals surface area contributed by atoms with Gasteiger partial charge in [-0.1, -0.05) is 181 Å². The molecule has 0 fully saturated rings. The Balaban J connectivity index is 0.000000201. The minimum atomic E-state index is -0.187. The predicted octanol–water partition coefficient (Wildman–Crippen LogP) is 14.2. The molecule has 4 aromatic carbocycles. The van der Waals surface area contributed by atoms with Gasteiger partial charge in [-0.05, 0) is 73.3 Å². The Morgan fingerprint density at radius 1 is 0.548 bits per heavy atom. The third-order valence-corrected chi connectivity index (χ3v) is 12.5. The molecule has 2 aliphatic rings. The van der Waals surface area contributed by atoms with Crippen molar-refractivity contribution in [2.45, 2.75) is 129 Å². The molecule has 0 unspecified atom stereocenters. The zero-order chi connectivity index (χ0) is 43.2. The Bertz CT molecular complexity index is 2210. The fraction of sp³-hybridized carbons (Fsp3) is 0.351. The van der Waals surface area contributed by atoms with Gasteiger partial charge in [-0.15, -0.1) is 64.4 Å². The van der Waals surface area contributed by atoms with Crippen molar-refractivity contribution in [1.29, 1.82) is 0 Å². The predicted molar refractivity (Wildman–Crippen MR) is 252 cm³/mol. The van der Waals surface area contributed by atoms with Crippen LogP contribution in [0.2, 0.25) is 0 Å². The monoisotopic (exact) mass is 1000 g/mol. The van der Waals surface area contributed by atoms with E-state index in [1.54, 1.807) is 0 Å². The molecule has 62 heavy (non-hydrogen) atoms. The molecule has 0 bridgehead atoms. The van der Waals surface area contributed by atoms with E-state index in [2.05, 4.69) is 147 Å². The van der Waals surface area contributed by atoms with Gasteiger partial charge >= 0.3 is 20.1 Å². The van der Waals surface area contributed by atoms with Crippen LogP contribution >= 0.6 is 0 Å². The summed E-state index contributed by atoms with van der Waals surface area (Å²) in [6.07, 6.45) is 19.6. The quantitative estimate of drug-likeness (QED) is 0.0584. The number of hydrogen-bond acceptors (Lipinski definition) is 4. The molecule has 0 atom stereocenters. The van der Waals surface area contributed by atoms with Crippen LogP contribution in [0.3, 0.4) is 0 Å². The third kappa shape index (κ3) is 10.6. The van der Waals surface area contributed by atoms with Crippen molar-refractivity contribution in [3.63, 3.8) is 0 Å². The Kier molecular flexibility index (Phi) is 17.8. The summed E-state index contributed by atoms with van der Waals surface area (Å²) in [4.78, 5) is 19.1. The van der Waals surface area contributed by atoms with Crippen molar-refractivity contribution in [2.75, 3.05) is 0 Å². The molecule has 4 nitrogen and oxygen atoms in total. The van der Waals surface area contributed by atoms with Gasteiger partial charge in [0.25, 0.3) is 0 Å². The number of aromatic nitrogens is 2. The van der Waals surface area contributed by atoms with Crippen LogP contribution in [0.1, 0.15) is 141 Å². The molecule has 2 aromatic heterocycles. The molecular formula is C57H63IrN2O2. The number of rotatable bonds is 15. The summed E-state index contributed by atoms with van der Waals surface area (Å²) < 4.78 is 0. The molecule has 0 N–H and O–H groups in total. The Morgan fingerprint density at radius 2 is 0.919 bits per heavy atom. The van der Waals surface area contributed by atoms with Crippen molar-refractivity contribution < 1.29 is 30.0 Å². The van der Waals surface area contributed by atoms with Gasteiger partial charge in [-0.2, -0.15) is 0 Å². The SMILES string of the molecule is CC(=O)/C=C(/C)[O-].CCCCC1(CCCC)c2ccccc2-c2c[c-]c(-c3ccccn3)cc21.CCCCC1(CCCC)c2ccccc2-c2c[c-]c(-c3ccccn3)cc21.[Ir+3]. The molecule has 2 heterocycles. The Labute approximate surface area is 385 Å². The van der Waals surface area contributed by atoms with Gasteiger partial charge in [0.2, 0.25) is 0 Å². The minimum Gasteiger partial charge on any atom is -0.876 e. The van der Waals surface area contributed by atoms with Gasteiger partial charge in [0, 0.05) is 23.2 Å². The number of hydrogen-bond donors (Lipinski definition) is 0. The summed E-state index contributed by atoms with van der Waals surface area (Å²) in [6, 6.07) is 46.5. The second kappa shape index (κ2) is 22.9. The first kappa shape index (κ1) is 48.1. The standard InChI is InChI=1S/2C26H28N.C5H8O2.Ir/c2*1-3-5-16-26(17-6-4-2)23-12-8-7-11-21(23)22-15-14-20(19-24(22)26)25-13-9-10-18-27-25;1-4(6)3-5(2)7;/h2*7-13,15,18-19H,3-6,16-17H2,1-2H3;3,6H,1-2H3;/q2*-1;;+3/p-1/b;;4-3-;. The van der Waals surface area contributed by atoms with E-state index in [4.69, 9.17) is 0 Å². The zero-order valence-electron chi connectivity index (χ0n) is 37.7. The number of nitrogens with zero attached hydrogens (tertiary/aromatic N) is 2. The maximum absolute atomic E-state index is 9.98. The Hall–Kier alpha value is -4.96. The second-order valence-electron chi connectivity index (χ2n) is 16.8. The van der Waals surface area contributed by atoms with E-state index in [1.807, 2.05) is 24.5 Å². The van der Waals surface area contributed by atoms with E-state index >= 15 is 0 Å². The maximum Gasteiger partial charge on any atom is 3.00 e. The van der Waals surface area contributed by atoms with Gasteiger partial charge in [-0.25, -0.2) is 0 Å². The van der Waals surface area contributed by atoms with Crippen LogP contribution in [0.5, 0.6) is 0 Å². The average molecular weight is 1000 g/mol. The number of unbranched alkanes of at least 4 members (excludes halogenated alkanes) is 4. The number of carbonyl (C=O) groups excluding carboxylic acids is 1. The summed E-state index contributed by atoms with van der Waals surface area (Å²) in [6.45, 7) is 11.9. The summed E-state index contributed by atoms with van der Waals surface area (Å²) >= 11 is 0. The van der Waals surface area contributed by atoms with E-state index < -0.39 is 0 Å². The summed E-state index contributed by atoms with van der Waals surface area (Å²) in [5, 5.41) is 9.98. The molecule has 0 radical (unpaired) electrons. The van der Waals surface area contributed by atoms with Crippen molar-refractivity contribution >= 4 is 5.78 Å². The molecule has 2 aliphatic carbocycles. The maximum atomic E-state index is 9.98. The van der Waals surface area contributed by atoms with E-state index in [0.29, 0.717) is 0 Å². The normalized spacial score (nSPS) is 13.5. The Morgan fingerprint density at radius 3 is 1.23 bits per heavy atom. The van der Waals surface area contributed by atoms with Crippen LogP contribution in [0, 0.1) is 12.1 Å². The summed E-state index contributed by atoms with van der Waals surface area (Å²) in [7, 11) is 0. The summed E-state index contributed by atoms with van der Waals surface area (Å²) in [5.41, 5.74) is 16.1. The number of allylic oxidation sites excluding steroid dienone is 2. The number of fused-ring (bicyclic) bond motifs is 6. The van der Waals surface area contributed by atoms with Crippen molar-refractivity contribution in [1.82, 2.24) is 9.97 Å². The molecule has 5 heteroatoms. The molecule has 0 spiro atoms. The van der Waals surface area contributed by atoms with Gasteiger partial charge in [0.1, 0.15) is 0 Å².